The molecule has 4 nitrogen and oxygen atoms in total. The van der Waals surface area contributed by atoms with Crippen molar-refractivity contribution in [3.05, 3.63) is 77.9 Å². The summed E-state index contributed by atoms with van der Waals surface area (Å²) in [6.07, 6.45) is 0.570. The number of aryl methyl sites for hydroxylation is 1. The van der Waals surface area contributed by atoms with Crippen LogP contribution in [0.5, 0.6) is 0 Å². The number of hydrogen-bond donors (Lipinski definition) is 2. The van der Waals surface area contributed by atoms with Gasteiger partial charge in [-0.2, -0.15) is 0 Å². The number of carboxylic acid groups (broad SMARTS) is 1. The Labute approximate surface area is 176 Å². The van der Waals surface area contributed by atoms with Gasteiger partial charge in [0.25, 0.3) is 0 Å². The van der Waals surface area contributed by atoms with Gasteiger partial charge < -0.3 is 10.4 Å². The molecule has 0 spiro atoms. The molecule has 1 unspecified atom stereocenters. The second kappa shape index (κ2) is 8.50. The van der Waals surface area contributed by atoms with Gasteiger partial charge in [0, 0.05) is 16.5 Å². The summed E-state index contributed by atoms with van der Waals surface area (Å²) in [5.41, 5.74) is 5.82. The minimum atomic E-state index is -0.787. The van der Waals surface area contributed by atoms with E-state index in [1.807, 2.05) is 55.5 Å². The number of nitrogens with zero attached hydrogens (tertiary/aromatic N) is 1. The second-order valence-electron chi connectivity index (χ2n) is 7.02. The van der Waals surface area contributed by atoms with Gasteiger partial charge in [0.1, 0.15) is 0 Å². The molecule has 0 radical (unpaired) electrons. The van der Waals surface area contributed by atoms with E-state index < -0.39 is 11.9 Å². The van der Waals surface area contributed by atoms with Gasteiger partial charge in [-0.05, 0) is 42.7 Å². The zero-order valence-corrected chi connectivity index (χ0v) is 17.2. The monoisotopic (exact) mass is 406 g/mol. The van der Waals surface area contributed by atoms with E-state index in [0.717, 1.165) is 44.3 Å². The number of anilines is 2. The maximum atomic E-state index is 11.4. The highest BCUT2D eigenvalue weighted by Gasteiger charge is 2.17. The van der Waals surface area contributed by atoms with Crippen LogP contribution in [0.25, 0.3) is 21.8 Å². The van der Waals surface area contributed by atoms with Crippen LogP contribution in [0, 0.1) is 6.92 Å². The van der Waals surface area contributed by atoms with E-state index >= 15 is 0 Å². The Kier molecular flexibility index (Phi) is 6.04. The normalized spacial score (nSPS) is 11.8. The smallest absolute Gasteiger partial charge is 0.310 e. The van der Waals surface area contributed by atoms with E-state index in [-0.39, 0.29) is 12.4 Å². The minimum absolute atomic E-state index is 0. The number of hydrogen-bond acceptors (Lipinski definition) is 3. The minimum Gasteiger partial charge on any atom is -0.481 e. The molecule has 3 aromatic carbocycles. The van der Waals surface area contributed by atoms with Crippen LogP contribution >= 0.6 is 12.4 Å². The van der Waals surface area contributed by atoms with E-state index in [1.54, 1.807) is 0 Å². The van der Waals surface area contributed by atoms with Crippen molar-refractivity contribution in [2.45, 2.75) is 26.2 Å². The van der Waals surface area contributed by atoms with Crippen LogP contribution in [-0.2, 0) is 4.79 Å². The molecule has 1 aromatic heterocycles. The molecule has 0 aliphatic heterocycles. The fraction of sp³-hybridized carbons (Fsp3) is 0.167. The summed E-state index contributed by atoms with van der Waals surface area (Å²) in [4.78, 5) is 16.3. The van der Waals surface area contributed by atoms with Crippen molar-refractivity contribution in [2.24, 2.45) is 0 Å². The van der Waals surface area contributed by atoms with E-state index in [9.17, 15) is 9.90 Å². The maximum Gasteiger partial charge on any atom is 0.310 e. The largest absolute Gasteiger partial charge is 0.481 e. The molecule has 0 fully saturated rings. The first-order valence-electron chi connectivity index (χ1n) is 9.46. The topological polar surface area (TPSA) is 62.2 Å². The molecule has 2 N–H and O–H groups in total. The molecule has 1 heterocycles. The number of nitrogens with one attached hydrogen (secondary N) is 1. The van der Waals surface area contributed by atoms with Crippen LogP contribution in [0.1, 0.15) is 30.4 Å². The van der Waals surface area contributed by atoms with Crippen LogP contribution in [0.4, 0.5) is 11.4 Å². The zero-order valence-electron chi connectivity index (χ0n) is 16.3. The lowest BCUT2D eigenvalue weighted by atomic mass is 9.96. The zero-order chi connectivity index (χ0) is 19.7. The van der Waals surface area contributed by atoms with Crippen molar-refractivity contribution in [1.82, 2.24) is 4.98 Å². The van der Waals surface area contributed by atoms with Gasteiger partial charge in [0.15, 0.2) is 0 Å². The molecular weight excluding hydrogens is 384 g/mol. The lowest BCUT2D eigenvalue weighted by molar-refractivity contribution is -0.138. The third-order valence-electron chi connectivity index (χ3n) is 5.20. The highest BCUT2D eigenvalue weighted by atomic mass is 35.5. The Morgan fingerprint density at radius 1 is 1.00 bits per heavy atom. The van der Waals surface area contributed by atoms with Crippen molar-refractivity contribution in [1.29, 1.82) is 0 Å². The maximum absolute atomic E-state index is 11.4. The van der Waals surface area contributed by atoms with Crippen LogP contribution < -0.4 is 5.32 Å². The number of fused-ring (bicyclic) bond motifs is 2. The number of rotatable bonds is 5. The standard InChI is InChI=1S/C24H22N2O2.ClH/c1-3-18(24(27)28)16-11-13-17(14-12-16)25-23-19-8-4-5-10-21(19)26-22-15(2)7-6-9-20(22)23;/h4-14,18H,3H2,1-2H3,(H,25,26)(H,27,28);1H. The molecule has 0 aliphatic rings. The Balaban J connectivity index is 0.00000240. The molecule has 148 valence electrons. The van der Waals surface area contributed by atoms with Gasteiger partial charge in [-0.15, -0.1) is 12.4 Å². The average molecular weight is 407 g/mol. The summed E-state index contributed by atoms with van der Waals surface area (Å²) in [7, 11) is 0. The van der Waals surface area contributed by atoms with Crippen LogP contribution in [0.2, 0.25) is 0 Å². The highest BCUT2D eigenvalue weighted by molar-refractivity contribution is 6.09. The quantitative estimate of drug-likeness (QED) is 0.374. The van der Waals surface area contributed by atoms with E-state index in [0.29, 0.717) is 6.42 Å². The summed E-state index contributed by atoms with van der Waals surface area (Å²) in [6, 6.07) is 22.0. The van der Waals surface area contributed by atoms with Gasteiger partial charge in [0.2, 0.25) is 0 Å². The predicted octanol–water partition coefficient (Wildman–Crippen LogP) is 6.44. The van der Waals surface area contributed by atoms with E-state index in [1.165, 1.54) is 0 Å². The molecule has 0 bridgehead atoms. The van der Waals surface area contributed by atoms with Crippen LogP contribution in [-0.4, -0.2) is 16.1 Å². The number of para-hydroxylation sites is 2. The van der Waals surface area contributed by atoms with Gasteiger partial charge >= 0.3 is 5.97 Å². The fourth-order valence-corrected chi connectivity index (χ4v) is 3.69. The number of carbonyl (C=O) groups is 1. The van der Waals surface area contributed by atoms with Crippen LogP contribution in [0.15, 0.2) is 66.7 Å². The summed E-state index contributed by atoms with van der Waals surface area (Å²) in [5.74, 6) is -1.26. The number of aromatic nitrogens is 1. The van der Waals surface area contributed by atoms with Crippen molar-refractivity contribution in [2.75, 3.05) is 5.32 Å². The van der Waals surface area contributed by atoms with Crippen molar-refractivity contribution < 1.29 is 9.90 Å². The SMILES string of the molecule is CCC(C(=O)O)c1ccc(Nc2c3ccccc3nc3c(C)cccc23)cc1.Cl. The number of pyridine rings is 1. The number of carboxylic acids is 1. The molecule has 5 heteroatoms. The van der Waals surface area contributed by atoms with Gasteiger partial charge in [-0.3, -0.25) is 4.79 Å². The molecule has 1 atom stereocenters. The Morgan fingerprint density at radius 2 is 1.69 bits per heavy atom. The van der Waals surface area contributed by atoms with Crippen LogP contribution in [0.3, 0.4) is 0 Å². The number of halogens is 1. The third-order valence-corrected chi connectivity index (χ3v) is 5.20. The Hall–Kier alpha value is -3.11. The summed E-state index contributed by atoms with van der Waals surface area (Å²) < 4.78 is 0. The fourth-order valence-electron chi connectivity index (χ4n) is 3.69. The average Bonchev–Trinajstić information content (AvgIpc) is 2.70. The van der Waals surface area contributed by atoms with E-state index in [4.69, 9.17) is 4.98 Å². The predicted molar refractivity (Wildman–Crippen MR) is 122 cm³/mol. The first-order valence-corrected chi connectivity index (χ1v) is 9.46. The number of aliphatic carboxylic acids is 1. The highest BCUT2D eigenvalue weighted by Crippen LogP contribution is 2.34. The second-order valence-corrected chi connectivity index (χ2v) is 7.02. The summed E-state index contributed by atoms with van der Waals surface area (Å²) >= 11 is 0. The molecule has 0 saturated carbocycles. The van der Waals surface area contributed by atoms with Gasteiger partial charge in [-0.25, -0.2) is 4.98 Å². The molecule has 0 aliphatic carbocycles. The summed E-state index contributed by atoms with van der Waals surface area (Å²) in [6.45, 7) is 3.96. The molecule has 4 aromatic rings. The molecular formula is C24H23ClN2O2. The molecule has 4 rings (SSSR count). The molecule has 29 heavy (non-hydrogen) atoms. The van der Waals surface area contributed by atoms with Gasteiger partial charge in [0.05, 0.1) is 22.6 Å². The molecule has 0 saturated heterocycles. The Bertz CT molecular complexity index is 1170. The van der Waals surface area contributed by atoms with E-state index in [2.05, 4.69) is 30.4 Å². The van der Waals surface area contributed by atoms with Gasteiger partial charge in [-0.1, -0.05) is 55.5 Å². The summed E-state index contributed by atoms with van der Waals surface area (Å²) in [5, 5.41) is 15.0. The lowest BCUT2D eigenvalue weighted by Gasteiger charge is -2.15. The lowest BCUT2D eigenvalue weighted by Crippen LogP contribution is -2.10. The van der Waals surface area contributed by atoms with Crippen molar-refractivity contribution in [3.63, 3.8) is 0 Å². The third kappa shape index (κ3) is 3.89. The number of benzene rings is 3. The molecule has 0 amide bonds. The Morgan fingerprint density at radius 3 is 2.38 bits per heavy atom. The first-order chi connectivity index (χ1) is 13.6. The van der Waals surface area contributed by atoms with Crippen molar-refractivity contribution in [3.8, 4) is 0 Å². The van der Waals surface area contributed by atoms with Crippen molar-refractivity contribution >= 4 is 51.6 Å². The first kappa shape index (κ1) is 20.6.